The van der Waals surface area contributed by atoms with Crippen molar-refractivity contribution in [2.24, 2.45) is 5.73 Å². The summed E-state index contributed by atoms with van der Waals surface area (Å²) in [6, 6.07) is 9.53. The molecule has 11 nitrogen and oxygen atoms in total. The number of aryl methyl sites for hydroxylation is 1. The second-order valence-corrected chi connectivity index (χ2v) is 9.98. The first-order chi connectivity index (χ1) is 21.6. The zero-order valence-electron chi connectivity index (χ0n) is 25.7. The third-order valence-corrected chi connectivity index (χ3v) is 6.51. The normalized spacial score (nSPS) is 12.9. The van der Waals surface area contributed by atoms with Crippen LogP contribution in [0.4, 0.5) is 40.8 Å². The minimum absolute atomic E-state index is 0.0104. The molecule has 2 heterocycles. The van der Waals surface area contributed by atoms with Gasteiger partial charge in [0.15, 0.2) is 0 Å². The van der Waals surface area contributed by atoms with Crippen molar-refractivity contribution in [2.45, 2.75) is 52.6 Å². The van der Waals surface area contributed by atoms with Crippen LogP contribution < -0.4 is 31.3 Å². The number of hydrogen-bond acceptors (Lipinski definition) is 8. The van der Waals surface area contributed by atoms with E-state index in [2.05, 4.69) is 25.9 Å². The van der Waals surface area contributed by atoms with Gasteiger partial charge in [0.25, 0.3) is 0 Å². The van der Waals surface area contributed by atoms with Gasteiger partial charge in [-0.1, -0.05) is 27.2 Å². The summed E-state index contributed by atoms with van der Waals surface area (Å²) in [4.78, 5) is 34.5. The molecule has 244 valence electrons. The Kier molecular flexibility index (Phi) is 13.4. The fraction of sp³-hybridized carbons (Fsp3) is 0.419. The van der Waals surface area contributed by atoms with E-state index < -0.39 is 17.8 Å². The molecule has 0 bridgehead atoms. The summed E-state index contributed by atoms with van der Waals surface area (Å²) >= 11 is 0. The Morgan fingerprint density at radius 3 is 2.40 bits per heavy atom. The number of benzene rings is 2. The number of amides is 3. The van der Waals surface area contributed by atoms with Crippen LogP contribution >= 0.6 is 0 Å². The van der Waals surface area contributed by atoms with Crippen LogP contribution in [-0.4, -0.2) is 54.8 Å². The lowest BCUT2D eigenvalue weighted by Crippen LogP contribution is -2.37. The van der Waals surface area contributed by atoms with Gasteiger partial charge in [-0.25, -0.2) is 14.8 Å². The van der Waals surface area contributed by atoms with E-state index in [1.54, 1.807) is 23.1 Å². The summed E-state index contributed by atoms with van der Waals surface area (Å²) < 4.78 is 52.7. The number of aromatic nitrogens is 2. The number of nitrogens with two attached hydrogens (primary N) is 1. The Hall–Kier alpha value is -4.43. The molecule has 45 heavy (non-hydrogen) atoms. The predicted octanol–water partition coefficient (Wildman–Crippen LogP) is 6.42. The maximum absolute atomic E-state index is 13.9. The fourth-order valence-corrected chi connectivity index (χ4v) is 4.38. The fourth-order valence-electron chi connectivity index (χ4n) is 4.38. The van der Waals surface area contributed by atoms with Crippen molar-refractivity contribution in [2.75, 3.05) is 53.7 Å². The third kappa shape index (κ3) is 10.9. The maximum atomic E-state index is 13.9. The first-order valence-electron chi connectivity index (χ1n) is 14.8. The molecule has 1 fully saturated rings. The molecule has 5 N–H and O–H groups in total. The van der Waals surface area contributed by atoms with Gasteiger partial charge in [-0.05, 0) is 61.3 Å². The van der Waals surface area contributed by atoms with Gasteiger partial charge in [-0.3, -0.25) is 4.79 Å². The highest BCUT2D eigenvalue weighted by Gasteiger charge is 2.35. The molecule has 3 amide bonds. The summed E-state index contributed by atoms with van der Waals surface area (Å²) in [6.45, 7) is 7.94. The number of alkyl halides is 3. The number of rotatable bonds is 10. The molecular formula is C31H40F3N7O4. The Morgan fingerprint density at radius 1 is 1.00 bits per heavy atom. The van der Waals surface area contributed by atoms with Gasteiger partial charge in [0.05, 0.1) is 18.8 Å². The average molecular weight is 632 g/mol. The van der Waals surface area contributed by atoms with Crippen LogP contribution in [0.15, 0.2) is 48.8 Å². The van der Waals surface area contributed by atoms with Crippen LogP contribution in [-0.2, 0) is 22.1 Å². The summed E-state index contributed by atoms with van der Waals surface area (Å²) in [5.41, 5.74) is 5.27. The minimum Gasteiger partial charge on any atom is -0.439 e. The molecule has 2 aromatic carbocycles. The molecule has 14 heteroatoms. The number of halogens is 3. The topological polar surface area (TPSA) is 144 Å². The van der Waals surface area contributed by atoms with Crippen LogP contribution in [0.3, 0.4) is 0 Å². The molecule has 0 aliphatic carbocycles. The second-order valence-electron chi connectivity index (χ2n) is 9.98. The largest absolute Gasteiger partial charge is 0.439 e. The van der Waals surface area contributed by atoms with E-state index in [4.69, 9.17) is 15.2 Å². The van der Waals surface area contributed by atoms with Gasteiger partial charge in [0.1, 0.15) is 17.9 Å². The molecule has 0 saturated carbocycles. The van der Waals surface area contributed by atoms with E-state index in [1.807, 2.05) is 20.8 Å². The van der Waals surface area contributed by atoms with Crippen LogP contribution in [0.5, 0.6) is 11.6 Å². The highest BCUT2D eigenvalue weighted by atomic mass is 19.4. The van der Waals surface area contributed by atoms with Crippen molar-refractivity contribution < 1.29 is 32.2 Å². The molecule has 1 aliphatic heterocycles. The van der Waals surface area contributed by atoms with Crippen molar-refractivity contribution in [3.8, 4) is 11.6 Å². The van der Waals surface area contributed by atoms with E-state index in [0.717, 1.165) is 31.0 Å². The number of urea groups is 1. The number of carbonyl (C=O) groups is 2. The lowest BCUT2D eigenvalue weighted by Gasteiger charge is -2.31. The highest BCUT2D eigenvalue weighted by Crippen LogP contribution is 2.38. The predicted molar refractivity (Wildman–Crippen MR) is 168 cm³/mol. The average Bonchev–Trinajstić information content (AvgIpc) is 3.01. The zero-order valence-corrected chi connectivity index (χ0v) is 25.7. The molecular weight excluding hydrogens is 591 g/mol. The van der Waals surface area contributed by atoms with Gasteiger partial charge >= 0.3 is 12.2 Å². The molecule has 1 saturated heterocycles. The van der Waals surface area contributed by atoms with Gasteiger partial charge in [-0.15, -0.1) is 0 Å². The zero-order chi connectivity index (χ0) is 32.8. The molecule has 0 radical (unpaired) electrons. The summed E-state index contributed by atoms with van der Waals surface area (Å²) in [6.07, 6.45) is -0.723. The van der Waals surface area contributed by atoms with E-state index in [-0.39, 0.29) is 23.2 Å². The van der Waals surface area contributed by atoms with E-state index in [9.17, 15) is 22.8 Å². The monoisotopic (exact) mass is 631 g/mol. The smallest absolute Gasteiger partial charge is 0.418 e. The Morgan fingerprint density at radius 2 is 1.73 bits per heavy atom. The SMILES string of the molecule is CCCCC(=O)Nc1cc(Oc2ccc(NC(=O)Nc3ccc(N4CCOCC4)c(C(F)(F)F)c3)c(CC)c2)ncn1.CCN. The number of nitrogens with one attached hydrogen (secondary N) is 3. The van der Waals surface area contributed by atoms with Crippen LogP contribution in [0.2, 0.25) is 0 Å². The van der Waals surface area contributed by atoms with E-state index >= 15 is 0 Å². The Balaban J connectivity index is 0.00000177. The van der Waals surface area contributed by atoms with Crippen LogP contribution in [0, 0.1) is 0 Å². The third-order valence-electron chi connectivity index (χ3n) is 6.51. The first kappa shape index (κ1) is 35.1. The molecule has 4 rings (SSSR count). The standard InChI is InChI=1S/C29H33F3N6O4.C2H7N/c1-3-5-6-26(39)37-25-17-27(34-18-33-25)42-21-8-9-23(19(4-2)15-21)36-28(40)35-20-7-10-24(22(16-20)29(30,31)32)38-11-13-41-14-12-38;1-2-3/h7-10,15-18H,3-6,11-14H2,1-2H3,(H2,35,36,40)(H,33,34,37,39);2-3H2,1H3. The van der Waals surface area contributed by atoms with Crippen molar-refractivity contribution in [1.29, 1.82) is 0 Å². The number of morpholine rings is 1. The van der Waals surface area contributed by atoms with Crippen molar-refractivity contribution in [1.82, 2.24) is 9.97 Å². The van der Waals surface area contributed by atoms with Crippen LogP contribution in [0.1, 0.15) is 51.2 Å². The number of hydrogen-bond donors (Lipinski definition) is 4. The van der Waals surface area contributed by atoms with Gasteiger partial charge in [0, 0.05) is 42.6 Å². The van der Waals surface area contributed by atoms with Gasteiger partial charge in [-0.2, -0.15) is 13.2 Å². The lowest BCUT2D eigenvalue weighted by molar-refractivity contribution is -0.137. The molecule has 1 aliphatic rings. The number of ether oxygens (including phenoxy) is 2. The van der Waals surface area contributed by atoms with Crippen molar-refractivity contribution >= 4 is 34.8 Å². The van der Waals surface area contributed by atoms with Crippen molar-refractivity contribution in [3.05, 3.63) is 59.9 Å². The quantitative estimate of drug-likeness (QED) is 0.201. The molecule has 0 atom stereocenters. The van der Waals surface area contributed by atoms with Gasteiger partial charge < -0.3 is 36.1 Å². The summed E-state index contributed by atoms with van der Waals surface area (Å²) in [5, 5.41) is 7.91. The van der Waals surface area contributed by atoms with Crippen LogP contribution in [0.25, 0.3) is 0 Å². The van der Waals surface area contributed by atoms with E-state index in [1.165, 1.54) is 24.5 Å². The second kappa shape index (κ2) is 17.2. The number of carbonyl (C=O) groups excluding carboxylic acids is 2. The lowest BCUT2D eigenvalue weighted by atomic mass is 10.1. The maximum Gasteiger partial charge on any atom is 0.418 e. The first-order valence-corrected chi connectivity index (χ1v) is 14.8. The minimum atomic E-state index is -4.60. The summed E-state index contributed by atoms with van der Waals surface area (Å²) in [7, 11) is 0. The number of anilines is 4. The number of nitrogens with zero attached hydrogens (tertiary/aromatic N) is 3. The molecule has 3 aromatic rings. The number of unbranched alkanes of at least 4 members (excludes halogenated alkanes) is 1. The Bertz CT molecular complexity index is 1420. The van der Waals surface area contributed by atoms with Gasteiger partial charge in [0.2, 0.25) is 11.8 Å². The molecule has 1 aromatic heterocycles. The Labute approximate surface area is 260 Å². The summed E-state index contributed by atoms with van der Waals surface area (Å²) in [5.74, 6) is 0.829. The molecule has 0 unspecified atom stereocenters. The highest BCUT2D eigenvalue weighted by molar-refractivity contribution is 6.00. The molecule has 0 spiro atoms. The van der Waals surface area contributed by atoms with E-state index in [0.29, 0.717) is 56.4 Å². The van der Waals surface area contributed by atoms with Crippen molar-refractivity contribution in [3.63, 3.8) is 0 Å².